The van der Waals surface area contributed by atoms with Crippen molar-refractivity contribution in [3.05, 3.63) is 33.3 Å². The number of benzene rings is 1. The maximum absolute atomic E-state index is 10.8. The van der Waals surface area contributed by atoms with Crippen molar-refractivity contribution in [2.45, 2.75) is 12.8 Å². The predicted octanol–water partition coefficient (Wildman–Crippen LogP) is 3.41. The summed E-state index contributed by atoms with van der Waals surface area (Å²) in [5, 5.41) is 0.597. The summed E-state index contributed by atoms with van der Waals surface area (Å²) in [7, 11) is 1.36. The van der Waals surface area contributed by atoms with Crippen molar-refractivity contribution in [2.75, 3.05) is 7.11 Å². The van der Waals surface area contributed by atoms with Crippen molar-refractivity contribution in [3.63, 3.8) is 0 Å². The molecule has 1 rings (SSSR count). The zero-order chi connectivity index (χ0) is 12.0. The third-order valence-corrected chi connectivity index (χ3v) is 2.83. The lowest BCUT2D eigenvalue weighted by molar-refractivity contribution is -0.140. The largest absolute Gasteiger partial charge is 0.469 e. The van der Waals surface area contributed by atoms with Gasteiger partial charge in [0.1, 0.15) is 0 Å². The van der Waals surface area contributed by atoms with Gasteiger partial charge in [0.25, 0.3) is 0 Å². The number of carbonyl (C=O) groups excluding carboxylic acids is 1. The van der Waals surface area contributed by atoms with E-state index in [1.807, 2.05) is 12.1 Å². The standard InChI is InChI=1S/C12H10BrClO2/c1-16-12(15)8-3-2-5-9-10(13)6-4-7-11(9)14/h4,6-7H,3,8H2,1H3. The lowest BCUT2D eigenvalue weighted by Crippen LogP contribution is -1.98. The summed E-state index contributed by atoms with van der Waals surface area (Å²) >= 11 is 9.34. The van der Waals surface area contributed by atoms with E-state index in [1.165, 1.54) is 7.11 Å². The molecular formula is C12H10BrClO2. The van der Waals surface area contributed by atoms with Gasteiger partial charge < -0.3 is 4.74 Å². The highest BCUT2D eigenvalue weighted by Crippen LogP contribution is 2.23. The molecular weight excluding hydrogens is 291 g/mol. The second-order valence-corrected chi connectivity index (χ2v) is 4.24. The molecule has 0 N–H and O–H groups in total. The van der Waals surface area contributed by atoms with E-state index in [1.54, 1.807) is 6.07 Å². The summed E-state index contributed by atoms with van der Waals surface area (Å²) in [6, 6.07) is 5.49. The molecule has 4 heteroatoms. The highest BCUT2D eigenvalue weighted by Gasteiger charge is 2.01. The van der Waals surface area contributed by atoms with Gasteiger partial charge in [-0.3, -0.25) is 4.79 Å². The lowest BCUT2D eigenvalue weighted by atomic mass is 10.2. The molecule has 0 spiro atoms. The minimum absolute atomic E-state index is 0.257. The zero-order valence-corrected chi connectivity index (χ0v) is 11.1. The van der Waals surface area contributed by atoms with Crippen LogP contribution < -0.4 is 0 Å². The van der Waals surface area contributed by atoms with Gasteiger partial charge >= 0.3 is 5.97 Å². The van der Waals surface area contributed by atoms with Crippen LogP contribution in [0.5, 0.6) is 0 Å². The topological polar surface area (TPSA) is 26.3 Å². The highest BCUT2D eigenvalue weighted by atomic mass is 79.9. The first-order chi connectivity index (χ1) is 7.65. The molecule has 0 amide bonds. The number of rotatable bonds is 2. The molecule has 0 bridgehead atoms. The van der Waals surface area contributed by atoms with E-state index in [4.69, 9.17) is 11.6 Å². The zero-order valence-electron chi connectivity index (χ0n) is 8.72. The van der Waals surface area contributed by atoms with E-state index < -0.39 is 0 Å². The molecule has 2 nitrogen and oxygen atoms in total. The summed E-state index contributed by atoms with van der Waals surface area (Å²) in [4.78, 5) is 10.8. The number of methoxy groups -OCH3 is 1. The number of esters is 1. The predicted molar refractivity (Wildman–Crippen MR) is 67.3 cm³/mol. The summed E-state index contributed by atoms with van der Waals surface area (Å²) in [5.74, 6) is 5.55. The Bertz CT molecular complexity index is 426. The number of hydrogen-bond donors (Lipinski definition) is 0. The van der Waals surface area contributed by atoms with Crippen molar-refractivity contribution >= 4 is 33.5 Å². The van der Waals surface area contributed by atoms with Crippen molar-refractivity contribution in [2.24, 2.45) is 0 Å². The second kappa shape index (κ2) is 6.57. The van der Waals surface area contributed by atoms with E-state index in [-0.39, 0.29) is 5.97 Å². The number of ether oxygens (including phenoxy) is 1. The van der Waals surface area contributed by atoms with Gasteiger partial charge in [0.15, 0.2) is 0 Å². The number of carbonyl (C=O) groups is 1. The van der Waals surface area contributed by atoms with Crippen molar-refractivity contribution in [1.82, 2.24) is 0 Å². The van der Waals surface area contributed by atoms with Crippen LogP contribution in [-0.2, 0) is 9.53 Å². The molecule has 0 radical (unpaired) electrons. The second-order valence-electron chi connectivity index (χ2n) is 2.97. The molecule has 0 heterocycles. The van der Waals surface area contributed by atoms with Gasteiger partial charge in [-0.15, -0.1) is 0 Å². The van der Waals surface area contributed by atoms with Crippen LogP contribution in [0.15, 0.2) is 22.7 Å². The van der Waals surface area contributed by atoms with E-state index in [9.17, 15) is 4.79 Å². The SMILES string of the molecule is COC(=O)CCC#Cc1c(Cl)cccc1Br. The molecule has 1 aromatic carbocycles. The molecule has 0 atom stereocenters. The summed E-state index contributed by atoms with van der Waals surface area (Å²) in [6.45, 7) is 0. The third-order valence-electron chi connectivity index (χ3n) is 1.86. The summed E-state index contributed by atoms with van der Waals surface area (Å²) in [6.07, 6.45) is 0.760. The summed E-state index contributed by atoms with van der Waals surface area (Å²) in [5.41, 5.74) is 0.744. The monoisotopic (exact) mass is 300 g/mol. The van der Waals surface area contributed by atoms with Gasteiger partial charge in [-0.1, -0.05) is 29.5 Å². The van der Waals surface area contributed by atoms with Gasteiger partial charge in [-0.2, -0.15) is 0 Å². The highest BCUT2D eigenvalue weighted by molar-refractivity contribution is 9.10. The Morgan fingerprint density at radius 3 is 2.94 bits per heavy atom. The maximum atomic E-state index is 10.8. The van der Waals surface area contributed by atoms with Gasteiger partial charge in [-0.25, -0.2) is 0 Å². The van der Waals surface area contributed by atoms with Gasteiger partial charge in [0.05, 0.1) is 24.1 Å². The fourth-order valence-electron chi connectivity index (χ4n) is 1.03. The molecule has 0 saturated heterocycles. The molecule has 0 aliphatic heterocycles. The normalized spacial score (nSPS) is 9.19. The van der Waals surface area contributed by atoms with Crippen LogP contribution >= 0.6 is 27.5 Å². The average Bonchev–Trinajstić information content (AvgIpc) is 2.27. The van der Waals surface area contributed by atoms with E-state index in [2.05, 4.69) is 32.5 Å². The average molecular weight is 302 g/mol. The molecule has 0 saturated carbocycles. The van der Waals surface area contributed by atoms with Crippen LogP contribution in [0.4, 0.5) is 0 Å². The fraction of sp³-hybridized carbons (Fsp3) is 0.250. The summed E-state index contributed by atoms with van der Waals surface area (Å²) < 4.78 is 5.36. The van der Waals surface area contributed by atoms with Crippen LogP contribution in [-0.4, -0.2) is 13.1 Å². The molecule has 0 unspecified atom stereocenters. The Balaban J connectivity index is 2.67. The minimum atomic E-state index is -0.257. The van der Waals surface area contributed by atoms with E-state index >= 15 is 0 Å². The number of halogens is 2. The molecule has 0 aliphatic carbocycles. The van der Waals surface area contributed by atoms with E-state index in [0.29, 0.717) is 17.9 Å². The number of hydrogen-bond acceptors (Lipinski definition) is 2. The van der Waals surface area contributed by atoms with Crippen molar-refractivity contribution in [3.8, 4) is 11.8 Å². The fourth-order valence-corrected chi connectivity index (χ4v) is 1.84. The molecule has 16 heavy (non-hydrogen) atoms. The van der Waals surface area contributed by atoms with Gasteiger partial charge in [0.2, 0.25) is 0 Å². The van der Waals surface area contributed by atoms with E-state index in [0.717, 1.165) is 10.0 Å². The first-order valence-electron chi connectivity index (χ1n) is 4.65. The first-order valence-corrected chi connectivity index (χ1v) is 5.82. The van der Waals surface area contributed by atoms with Gasteiger partial charge in [0, 0.05) is 10.9 Å². The Kier molecular flexibility index (Phi) is 5.37. The van der Waals surface area contributed by atoms with Gasteiger partial charge in [-0.05, 0) is 28.1 Å². The van der Waals surface area contributed by atoms with Crippen LogP contribution in [0.1, 0.15) is 18.4 Å². The Hall–Kier alpha value is -0.980. The van der Waals surface area contributed by atoms with Crippen molar-refractivity contribution < 1.29 is 9.53 Å². The molecule has 0 fully saturated rings. The van der Waals surface area contributed by atoms with Crippen LogP contribution in [0.2, 0.25) is 5.02 Å². The Labute approximate surface area is 108 Å². The Morgan fingerprint density at radius 2 is 2.31 bits per heavy atom. The van der Waals surface area contributed by atoms with Crippen molar-refractivity contribution in [1.29, 1.82) is 0 Å². The third kappa shape index (κ3) is 3.88. The lowest BCUT2D eigenvalue weighted by Gasteiger charge is -1.98. The van der Waals surface area contributed by atoms with Crippen LogP contribution in [0.25, 0.3) is 0 Å². The van der Waals surface area contributed by atoms with Crippen LogP contribution in [0.3, 0.4) is 0 Å². The smallest absolute Gasteiger partial charge is 0.306 e. The molecule has 84 valence electrons. The quantitative estimate of drug-likeness (QED) is 0.618. The molecule has 1 aromatic rings. The minimum Gasteiger partial charge on any atom is -0.469 e. The van der Waals surface area contributed by atoms with Crippen LogP contribution in [0, 0.1) is 11.8 Å². The molecule has 0 aromatic heterocycles. The molecule has 0 aliphatic rings. The maximum Gasteiger partial charge on any atom is 0.306 e. The first kappa shape index (κ1) is 13.1. The Morgan fingerprint density at radius 1 is 1.56 bits per heavy atom.